The molecule has 21 heavy (non-hydrogen) atoms. The first kappa shape index (κ1) is 20.7. The predicted molar refractivity (Wildman–Crippen MR) is 73.6 cm³/mol. The maximum atomic E-state index is 9.03. The minimum absolute atomic E-state index is 0.141. The first-order valence-corrected chi connectivity index (χ1v) is 6.81. The Morgan fingerprint density at radius 2 is 1.05 bits per heavy atom. The van der Waals surface area contributed by atoms with Crippen LogP contribution in [-0.4, -0.2) is 96.2 Å². The maximum Gasteiger partial charge on any atom is 0.0781 e. The van der Waals surface area contributed by atoms with Crippen molar-refractivity contribution in [2.45, 2.75) is 13.0 Å². The Morgan fingerprint density at radius 3 is 1.19 bits per heavy atom. The van der Waals surface area contributed by atoms with E-state index in [-0.39, 0.29) is 13.2 Å². The molecule has 1 saturated heterocycles. The van der Waals surface area contributed by atoms with Gasteiger partial charge in [-0.2, -0.15) is 0 Å². The number of aliphatic hydroxyl groups excluding tert-OH is 6. The van der Waals surface area contributed by atoms with Crippen molar-refractivity contribution in [1.82, 2.24) is 0 Å². The zero-order chi connectivity index (χ0) is 16.4. The van der Waals surface area contributed by atoms with Gasteiger partial charge >= 0.3 is 0 Å². The van der Waals surface area contributed by atoms with Crippen LogP contribution in [0.1, 0.15) is 6.92 Å². The molecular weight excluding hydrogens is 284 g/mol. The van der Waals surface area contributed by atoms with Gasteiger partial charge in [0, 0.05) is 0 Å². The van der Waals surface area contributed by atoms with Gasteiger partial charge in [0.05, 0.1) is 76.4 Å². The summed E-state index contributed by atoms with van der Waals surface area (Å²) in [6, 6.07) is 0. The fourth-order valence-electron chi connectivity index (χ4n) is 1.15. The van der Waals surface area contributed by atoms with Gasteiger partial charge in [0.1, 0.15) is 0 Å². The molecule has 0 aliphatic carbocycles. The first-order valence-electron chi connectivity index (χ1n) is 6.81. The molecule has 1 rings (SSSR count). The van der Waals surface area contributed by atoms with Gasteiger partial charge in [0.2, 0.25) is 0 Å². The summed E-state index contributed by atoms with van der Waals surface area (Å²) >= 11 is 0. The van der Waals surface area contributed by atoms with Gasteiger partial charge < -0.3 is 40.1 Å². The zero-order valence-electron chi connectivity index (χ0n) is 12.4. The number of ether oxygens (including phenoxy) is 2. The number of epoxide rings is 1. The lowest BCUT2D eigenvalue weighted by molar-refractivity contribution is -0.103. The first-order chi connectivity index (χ1) is 9.96. The lowest BCUT2D eigenvalue weighted by atomic mass is 9.91. The van der Waals surface area contributed by atoms with Gasteiger partial charge in [-0.25, -0.2) is 0 Å². The summed E-state index contributed by atoms with van der Waals surface area (Å²) in [5.41, 5.74) is -2.32. The summed E-state index contributed by atoms with van der Waals surface area (Å²) < 4.78 is 9.86. The molecule has 0 amide bonds. The van der Waals surface area contributed by atoms with Crippen molar-refractivity contribution in [3.63, 3.8) is 0 Å². The molecule has 8 nitrogen and oxygen atoms in total. The average molecular weight is 312 g/mol. The van der Waals surface area contributed by atoms with Crippen LogP contribution in [-0.2, 0) is 9.47 Å². The third-order valence-corrected chi connectivity index (χ3v) is 3.33. The molecule has 0 saturated carbocycles. The van der Waals surface area contributed by atoms with E-state index >= 15 is 0 Å². The topological polar surface area (TPSA) is 143 Å². The molecule has 128 valence electrons. The van der Waals surface area contributed by atoms with Gasteiger partial charge in [-0.15, -0.1) is 0 Å². The smallest absolute Gasteiger partial charge is 0.0781 e. The van der Waals surface area contributed by atoms with Gasteiger partial charge in [-0.3, -0.25) is 0 Å². The highest BCUT2D eigenvalue weighted by Crippen LogP contribution is 2.19. The Hall–Kier alpha value is -0.320. The van der Waals surface area contributed by atoms with Gasteiger partial charge in [0.25, 0.3) is 0 Å². The second-order valence-electron chi connectivity index (χ2n) is 5.59. The van der Waals surface area contributed by atoms with Crippen LogP contribution in [0.5, 0.6) is 0 Å². The summed E-state index contributed by atoms with van der Waals surface area (Å²) in [4.78, 5) is 0. The molecule has 0 aromatic carbocycles. The van der Waals surface area contributed by atoms with Crippen LogP contribution in [0.25, 0.3) is 0 Å². The second kappa shape index (κ2) is 10.4. The summed E-state index contributed by atoms with van der Waals surface area (Å²) in [5, 5.41) is 54.2. The molecule has 1 aliphatic rings. The maximum absolute atomic E-state index is 9.03. The van der Waals surface area contributed by atoms with Crippen LogP contribution in [0.4, 0.5) is 0 Å². The van der Waals surface area contributed by atoms with Crippen LogP contribution in [0, 0.1) is 10.8 Å². The highest BCUT2D eigenvalue weighted by atomic mass is 16.6. The molecule has 6 N–H and O–H groups in total. The normalized spacial score (nSPS) is 18.1. The molecule has 1 fully saturated rings. The SMILES string of the molecule is CC1CO1.OCC(CO)(CO)COCC(CO)(CO)CO. The Labute approximate surface area is 124 Å². The second-order valence-corrected chi connectivity index (χ2v) is 5.59. The summed E-state index contributed by atoms with van der Waals surface area (Å²) in [7, 11) is 0. The third-order valence-electron chi connectivity index (χ3n) is 3.33. The molecule has 1 unspecified atom stereocenters. The molecule has 1 heterocycles. The molecule has 1 atom stereocenters. The van der Waals surface area contributed by atoms with E-state index in [4.69, 9.17) is 40.1 Å². The van der Waals surface area contributed by atoms with Crippen LogP contribution in [0.15, 0.2) is 0 Å². The number of hydrogen-bond donors (Lipinski definition) is 6. The molecular formula is C13H28O8. The highest BCUT2D eigenvalue weighted by Gasteiger charge is 2.32. The summed E-state index contributed by atoms with van der Waals surface area (Å²) in [6.07, 6.45) is 0.583. The van der Waals surface area contributed by atoms with E-state index in [1.54, 1.807) is 0 Å². The van der Waals surface area contributed by atoms with Crippen molar-refractivity contribution in [3.8, 4) is 0 Å². The molecule has 0 aromatic rings. The molecule has 0 aromatic heterocycles. The number of rotatable bonds is 10. The van der Waals surface area contributed by atoms with Crippen molar-refractivity contribution in [2.24, 2.45) is 10.8 Å². The van der Waals surface area contributed by atoms with E-state index in [0.717, 1.165) is 6.61 Å². The van der Waals surface area contributed by atoms with Crippen molar-refractivity contribution in [2.75, 3.05) is 59.5 Å². The molecule has 0 bridgehead atoms. The van der Waals surface area contributed by atoms with Crippen LogP contribution in [0.2, 0.25) is 0 Å². The number of hydrogen-bond acceptors (Lipinski definition) is 8. The lowest BCUT2D eigenvalue weighted by Crippen LogP contribution is -2.43. The average Bonchev–Trinajstić information content (AvgIpc) is 3.32. The van der Waals surface area contributed by atoms with E-state index in [1.807, 2.05) is 0 Å². The van der Waals surface area contributed by atoms with Crippen LogP contribution in [0.3, 0.4) is 0 Å². The van der Waals surface area contributed by atoms with Crippen LogP contribution < -0.4 is 0 Å². The highest BCUT2D eigenvalue weighted by molar-refractivity contribution is 4.80. The van der Waals surface area contributed by atoms with E-state index in [2.05, 4.69) is 6.92 Å². The molecule has 0 spiro atoms. The number of aliphatic hydroxyl groups is 6. The minimum Gasteiger partial charge on any atom is -0.396 e. The van der Waals surface area contributed by atoms with Crippen molar-refractivity contribution >= 4 is 0 Å². The molecule has 0 radical (unpaired) electrons. The third kappa shape index (κ3) is 7.48. The van der Waals surface area contributed by atoms with Gasteiger partial charge in [-0.05, 0) is 6.92 Å². The minimum atomic E-state index is -1.16. The van der Waals surface area contributed by atoms with Gasteiger partial charge in [0.15, 0.2) is 0 Å². The van der Waals surface area contributed by atoms with Crippen molar-refractivity contribution in [3.05, 3.63) is 0 Å². The van der Waals surface area contributed by atoms with Crippen LogP contribution >= 0.6 is 0 Å². The zero-order valence-corrected chi connectivity index (χ0v) is 12.4. The standard InChI is InChI=1S/C10H22O7.C3H6O/c11-1-9(2-12,3-13)7-17-8-10(4-14,5-15)6-16;1-3-2-4-3/h11-16H,1-8H2;3H,2H2,1H3. The Kier molecular flexibility index (Phi) is 10.3. The Morgan fingerprint density at radius 1 is 0.810 bits per heavy atom. The van der Waals surface area contributed by atoms with E-state index < -0.39 is 50.5 Å². The van der Waals surface area contributed by atoms with Crippen molar-refractivity contribution in [1.29, 1.82) is 0 Å². The quantitative estimate of drug-likeness (QED) is 0.240. The van der Waals surface area contributed by atoms with Crippen molar-refractivity contribution < 1.29 is 40.1 Å². The monoisotopic (exact) mass is 312 g/mol. The van der Waals surface area contributed by atoms with E-state index in [0.29, 0.717) is 6.10 Å². The fourth-order valence-corrected chi connectivity index (χ4v) is 1.15. The lowest BCUT2D eigenvalue weighted by Gasteiger charge is -2.31. The fraction of sp³-hybridized carbons (Fsp3) is 1.00. The Bertz CT molecular complexity index is 212. The van der Waals surface area contributed by atoms with E-state index in [1.165, 1.54) is 0 Å². The predicted octanol–water partition coefficient (Wildman–Crippen LogP) is -2.67. The molecule has 8 heteroatoms. The molecule has 1 aliphatic heterocycles. The summed E-state index contributed by atoms with van der Waals surface area (Å²) in [5.74, 6) is 0. The Balaban J connectivity index is 0.000000847. The van der Waals surface area contributed by atoms with E-state index in [9.17, 15) is 0 Å². The largest absolute Gasteiger partial charge is 0.396 e. The van der Waals surface area contributed by atoms with Gasteiger partial charge in [-0.1, -0.05) is 0 Å². The summed E-state index contributed by atoms with van der Waals surface area (Å²) in [6.45, 7) is 0.0365.